The van der Waals surface area contributed by atoms with E-state index >= 15 is 0 Å². The van der Waals surface area contributed by atoms with Gasteiger partial charge in [0.15, 0.2) is 0 Å². The third kappa shape index (κ3) is 4.19. The minimum absolute atomic E-state index is 0.0337. The second-order valence-electron chi connectivity index (χ2n) is 11.4. The Bertz CT molecular complexity index is 1030. The number of benzene rings is 1. The smallest absolute Gasteiger partial charge is 0.120 e. The number of hydrogen-bond acceptors (Lipinski definition) is 6. The lowest BCUT2D eigenvalue weighted by Gasteiger charge is -2.57. The third-order valence-electron chi connectivity index (χ3n) is 9.16. The predicted octanol–water partition coefficient (Wildman–Crippen LogP) is 2.94. The van der Waals surface area contributed by atoms with Crippen molar-refractivity contribution in [2.75, 3.05) is 72.9 Å². The van der Waals surface area contributed by atoms with Gasteiger partial charge in [0, 0.05) is 88.8 Å². The zero-order chi connectivity index (χ0) is 24.0. The van der Waals surface area contributed by atoms with Crippen molar-refractivity contribution in [3.8, 4) is 5.75 Å². The molecule has 0 radical (unpaired) electrons. The molecular weight excluding hydrogens is 442 g/mol. The number of aliphatic hydroxyl groups excluding tert-OH is 1. The summed E-state index contributed by atoms with van der Waals surface area (Å²) in [6, 6.07) is 6.54. The number of aliphatic hydroxyl groups is 1. The molecule has 35 heavy (non-hydrogen) atoms. The lowest BCUT2D eigenvalue weighted by Crippen LogP contribution is -2.67. The molecule has 0 bridgehead atoms. The summed E-state index contributed by atoms with van der Waals surface area (Å²) in [6.45, 7) is 9.17. The third-order valence-corrected chi connectivity index (χ3v) is 9.16. The molecule has 7 nitrogen and oxygen atoms in total. The Kier molecular flexibility index (Phi) is 6.56. The van der Waals surface area contributed by atoms with Crippen LogP contribution in [0.1, 0.15) is 43.0 Å². The summed E-state index contributed by atoms with van der Waals surface area (Å²) in [6.07, 6.45) is 4.62. The summed E-state index contributed by atoms with van der Waals surface area (Å²) in [7, 11) is 3.91. The van der Waals surface area contributed by atoms with Crippen LogP contribution in [0.4, 0.5) is 0 Å². The lowest BCUT2D eigenvalue weighted by molar-refractivity contribution is -0.0343. The number of aryl methyl sites for hydroxylation is 1. The van der Waals surface area contributed by atoms with E-state index in [4.69, 9.17) is 14.2 Å². The summed E-state index contributed by atoms with van der Waals surface area (Å²) >= 11 is 0. The van der Waals surface area contributed by atoms with Crippen molar-refractivity contribution in [3.05, 3.63) is 29.5 Å². The van der Waals surface area contributed by atoms with Gasteiger partial charge >= 0.3 is 0 Å². The lowest BCUT2D eigenvalue weighted by atomic mass is 9.68. The van der Waals surface area contributed by atoms with E-state index in [1.54, 1.807) is 7.11 Å². The molecule has 5 heterocycles. The number of aromatic nitrogens is 1. The highest BCUT2D eigenvalue weighted by Gasteiger charge is 2.53. The first-order valence-corrected chi connectivity index (χ1v) is 13.5. The second-order valence-corrected chi connectivity index (χ2v) is 11.4. The number of fused-ring (bicyclic) bond motifs is 4. The highest BCUT2D eigenvalue weighted by molar-refractivity contribution is 5.89. The van der Waals surface area contributed by atoms with E-state index in [1.165, 1.54) is 41.5 Å². The first-order valence-electron chi connectivity index (χ1n) is 13.5. The summed E-state index contributed by atoms with van der Waals surface area (Å²) in [4.78, 5) is 5.29. The number of rotatable bonds is 6. The van der Waals surface area contributed by atoms with Crippen LogP contribution in [0, 0.1) is 11.8 Å². The molecule has 3 fully saturated rings. The zero-order valence-corrected chi connectivity index (χ0v) is 21.4. The molecule has 6 rings (SSSR count). The van der Waals surface area contributed by atoms with Gasteiger partial charge in [-0.15, -0.1) is 0 Å². The van der Waals surface area contributed by atoms with Crippen molar-refractivity contribution in [1.82, 2.24) is 14.4 Å². The molecule has 0 unspecified atom stereocenters. The highest BCUT2D eigenvalue weighted by atomic mass is 16.5. The molecule has 1 atom stereocenters. The van der Waals surface area contributed by atoms with Gasteiger partial charge < -0.3 is 28.8 Å². The molecule has 2 aromatic rings. The van der Waals surface area contributed by atoms with Crippen LogP contribution >= 0.6 is 0 Å². The molecule has 4 aliphatic rings. The van der Waals surface area contributed by atoms with E-state index in [0.717, 1.165) is 77.1 Å². The fraction of sp³-hybridized carbons (Fsp3) is 0.714. The molecule has 1 spiro atoms. The van der Waals surface area contributed by atoms with Crippen molar-refractivity contribution in [3.63, 3.8) is 0 Å². The van der Waals surface area contributed by atoms with E-state index in [1.807, 2.05) is 0 Å². The van der Waals surface area contributed by atoms with Gasteiger partial charge in [-0.1, -0.05) is 0 Å². The van der Waals surface area contributed by atoms with Crippen LogP contribution < -0.4 is 4.74 Å². The summed E-state index contributed by atoms with van der Waals surface area (Å²) in [5.74, 6) is 2.29. The maximum Gasteiger partial charge on any atom is 0.120 e. The van der Waals surface area contributed by atoms with Crippen LogP contribution in [-0.2, 0) is 21.9 Å². The number of likely N-dealkylation sites (tertiary alicyclic amines) is 1. The molecule has 192 valence electrons. The number of nitrogens with zero attached hydrogens (tertiary/aromatic N) is 3. The number of ether oxygens (including phenoxy) is 3. The number of methoxy groups -OCH3 is 1. The van der Waals surface area contributed by atoms with Gasteiger partial charge in [0.25, 0.3) is 0 Å². The average Bonchev–Trinajstić information content (AvgIpc) is 3.16. The normalized spacial score (nSPS) is 26.2. The molecule has 1 aromatic carbocycles. The van der Waals surface area contributed by atoms with Gasteiger partial charge in [-0.25, -0.2) is 0 Å². The highest BCUT2D eigenvalue weighted by Crippen LogP contribution is 2.50. The standard InChI is InChI=1S/C28H41N3O4/c1-29-24-13-22(33-2)3-4-23(24)26-27(29)25(16-32)31(15-21-7-11-35-12-8-21)19-28(26)17-30(18-28)14-20-5-9-34-10-6-20/h3-4,13,20-21,25,32H,5-12,14-19H2,1-2H3/t25-/m0/s1. The molecule has 7 heteroatoms. The van der Waals surface area contributed by atoms with Crippen LogP contribution in [0.15, 0.2) is 18.2 Å². The van der Waals surface area contributed by atoms with Gasteiger partial charge in [-0.3, -0.25) is 4.90 Å². The van der Waals surface area contributed by atoms with Crippen molar-refractivity contribution in [2.24, 2.45) is 18.9 Å². The summed E-state index contributed by atoms with van der Waals surface area (Å²) < 4.78 is 19.2. The van der Waals surface area contributed by atoms with Gasteiger partial charge in [-0.2, -0.15) is 0 Å². The Labute approximate surface area is 208 Å². The van der Waals surface area contributed by atoms with Gasteiger partial charge in [0.05, 0.1) is 25.3 Å². The first kappa shape index (κ1) is 23.7. The van der Waals surface area contributed by atoms with Crippen molar-refractivity contribution >= 4 is 10.9 Å². The molecule has 4 aliphatic heterocycles. The molecule has 0 saturated carbocycles. The fourth-order valence-electron chi connectivity index (χ4n) is 7.41. The van der Waals surface area contributed by atoms with Crippen LogP contribution in [-0.4, -0.2) is 92.3 Å². The zero-order valence-electron chi connectivity index (χ0n) is 21.4. The Hall–Kier alpha value is -1.64. The van der Waals surface area contributed by atoms with Gasteiger partial charge in [-0.05, 0) is 55.2 Å². The Morgan fingerprint density at radius 3 is 2.26 bits per heavy atom. The minimum atomic E-state index is 0.0337. The summed E-state index contributed by atoms with van der Waals surface area (Å²) in [5, 5.41) is 12.0. The molecule has 1 aromatic heterocycles. The monoisotopic (exact) mass is 483 g/mol. The fourth-order valence-corrected chi connectivity index (χ4v) is 7.41. The maximum absolute atomic E-state index is 10.7. The maximum atomic E-state index is 10.7. The quantitative estimate of drug-likeness (QED) is 0.682. The Morgan fingerprint density at radius 2 is 1.63 bits per heavy atom. The predicted molar refractivity (Wildman–Crippen MR) is 136 cm³/mol. The van der Waals surface area contributed by atoms with Gasteiger partial charge in [0.1, 0.15) is 5.75 Å². The minimum Gasteiger partial charge on any atom is -0.497 e. The van der Waals surface area contributed by atoms with E-state index in [2.05, 4.69) is 39.6 Å². The van der Waals surface area contributed by atoms with Crippen molar-refractivity contribution < 1.29 is 19.3 Å². The average molecular weight is 484 g/mol. The molecule has 0 aliphatic carbocycles. The Balaban J connectivity index is 1.36. The Morgan fingerprint density at radius 1 is 0.971 bits per heavy atom. The topological polar surface area (TPSA) is 59.3 Å². The van der Waals surface area contributed by atoms with Crippen LogP contribution in [0.25, 0.3) is 10.9 Å². The van der Waals surface area contributed by atoms with Crippen LogP contribution in [0.2, 0.25) is 0 Å². The largest absolute Gasteiger partial charge is 0.497 e. The van der Waals surface area contributed by atoms with Crippen molar-refractivity contribution in [2.45, 2.75) is 37.1 Å². The second kappa shape index (κ2) is 9.67. The summed E-state index contributed by atoms with van der Waals surface area (Å²) in [5.41, 5.74) is 4.11. The van der Waals surface area contributed by atoms with Crippen molar-refractivity contribution in [1.29, 1.82) is 0 Å². The molecular formula is C28H41N3O4. The SMILES string of the molecule is COc1ccc2c3c(n(C)c2c1)[C@H](CO)N(CC1CCOCC1)CC31CN(CC2CCOCC2)C1. The van der Waals surface area contributed by atoms with E-state index in [0.29, 0.717) is 5.92 Å². The first-order chi connectivity index (χ1) is 17.1. The number of hydrogen-bond donors (Lipinski definition) is 1. The van der Waals surface area contributed by atoms with Crippen LogP contribution in [0.3, 0.4) is 0 Å². The van der Waals surface area contributed by atoms with E-state index in [-0.39, 0.29) is 18.1 Å². The molecule has 0 amide bonds. The van der Waals surface area contributed by atoms with Gasteiger partial charge in [0.2, 0.25) is 0 Å². The molecule has 3 saturated heterocycles. The molecule has 1 N–H and O–H groups in total. The van der Waals surface area contributed by atoms with E-state index in [9.17, 15) is 5.11 Å². The van der Waals surface area contributed by atoms with Crippen LogP contribution in [0.5, 0.6) is 5.75 Å². The van der Waals surface area contributed by atoms with E-state index < -0.39 is 0 Å².